The summed E-state index contributed by atoms with van der Waals surface area (Å²) in [6, 6.07) is 51.4. The van der Waals surface area contributed by atoms with Crippen LogP contribution in [-0.2, 0) is 27.1 Å². The summed E-state index contributed by atoms with van der Waals surface area (Å²) in [5.74, 6) is 1.85. The highest BCUT2D eigenvalue weighted by Crippen LogP contribution is 2.52. The fourth-order valence-electron chi connectivity index (χ4n) is 11.1. The molecule has 3 heterocycles. The van der Waals surface area contributed by atoms with Crippen LogP contribution in [0.5, 0.6) is 11.5 Å². The molecule has 2 aliphatic heterocycles. The van der Waals surface area contributed by atoms with Gasteiger partial charge in [0.1, 0.15) is 11.5 Å². The molecule has 5 heteroatoms. The molecule has 3 nitrogen and oxygen atoms in total. The van der Waals surface area contributed by atoms with Crippen molar-refractivity contribution in [1.82, 2.24) is 0 Å². The fraction of sp³-hybridized carbons (Fsp3) is 0.323. The summed E-state index contributed by atoms with van der Waals surface area (Å²) in [5.41, 5.74) is 16.4. The first-order chi connectivity index (χ1) is 31.6. The lowest BCUT2D eigenvalue weighted by Crippen LogP contribution is -2.58. The molecule has 0 amide bonds. The summed E-state index contributed by atoms with van der Waals surface area (Å²) in [6.07, 6.45) is 2.33. The quantitative estimate of drug-likeness (QED) is 0.164. The number of hydrogen-bond acceptors (Lipinski definition) is 4. The topological polar surface area (TPSA) is 15.7 Å². The first-order valence-corrected chi connectivity index (χ1v) is 25.3. The molecule has 0 fully saturated rings. The molecule has 1 aliphatic carbocycles. The van der Waals surface area contributed by atoms with Crippen LogP contribution >= 0.6 is 11.3 Å². The third-order valence-electron chi connectivity index (χ3n) is 15.4. The third-order valence-corrected chi connectivity index (χ3v) is 16.6. The second-order valence-electron chi connectivity index (χ2n) is 24.2. The molecule has 0 unspecified atom stereocenters. The molecule has 0 bridgehead atoms. The van der Waals surface area contributed by atoms with Crippen molar-refractivity contribution in [3.63, 3.8) is 0 Å². The maximum Gasteiger partial charge on any atom is 0.268 e. The van der Waals surface area contributed by atoms with Gasteiger partial charge in [-0.1, -0.05) is 157 Å². The molecule has 0 spiro atoms. The molecule has 0 saturated heterocycles. The second kappa shape index (κ2) is 14.9. The average molecular weight is 897 g/mol. The Morgan fingerprint density at radius 3 is 1.87 bits per heavy atom. The fourth-order valence-corrected chi connectivity index (χ4v) is 12.4. The molecule has 0 radical (unpaired) electrons. The van der Waals surface area contributed by atoms with Gasteiger partial charge in [-0.25, -0.2) is 0 Å². The van der Waals surface area contributed by atoms with Crippen LogP contribution in [0.3, 0.4) is 0 Å². The van der Waals surface area contributed by atoms with E-state index in [1.54, 1.807) is 0 Å². The van der Waals surface area contributed by atoms with Crippen molar-refractivity contribution in [1.29, 1.82) is 0 Å². The van der Waals surface area contributed by atoms with Gasteiger partial charge < -0.3 is 14.5 Å². The minimum Gasteiger partial charge on any atom is -0.458 e. The summed E-state index contributed by atoms with van der Waals surface area (Å²) in [5, 5.41) is 3.75. The Balaban J connectivity index is 1.24. The number of rotatable bonds is 4. The Labute approximate surface area is 403 Å². The van der Waals surface area contributed by atoms with E-state index in [1.807, 2.05) is 11.3 Å². The van der Waals surface area contributed by atoms with E-state index in [9.17, 15) is 0 Å². The monoisotopic (exact) mass is 896 g/mol. The smallest absolute Gasteiger partial charge is 0.268 e. The molecule has 1 aromatic heterocycles. The Bertz CT molecular complexity index is 3300. The molecule has 0 atom stereocenters. The summed E-state index contributed by atoms with van der Waals surface area (Å²) in [7, 11) is 0. The normalized spacial score (nSPS) is 16.0. The molecule has 0 N–H and O–H groups in total. The molecule has 3 aliphatic rings. The van der Waals surface area contributed by atoms with Gasteiger partial charge in [-0.15, -0.1) is 11.3 Å². The highest BCUT2D eigenvalue weighted by atomic mass is 32.1. The van der Waals surface area contributed by atoms with E-state index in [4.69, 9.17) is 4.74 Å². The van der Waals surface area contributed by atoms with E-state index in [0.717, 1.165) is 46.4 Å². The first-order valence-electron chi connectivity index (χ1n) is 24.5. The Kier molecular flexibility index (Phi) is 9.71. The van der Waals surface area contributed by atoms with Crippen molar-refractivity contribution in [3.05, 3.63) is 161 Å². The molecular formula is C62H65BN2OS. The van der Waals surface area contributed by atoms with Crippen molar-refractivity contribution in [3.8, 4) is 11.5 Å². The molecule has 67 heavy (non-hydrogen) atoms. The lowest BCUT2D eigenvalue weighted by Gasteiger charge is -2.43. The number of anilines is 6. The SMILES string of the molecule is CC(C)(C)c1ccc(N2c3cc(N(c4ccc5c(c4)C(C)(C)CCC5(C)C)c4ccc5ccccc5c4)cc4c3B(c3cc(C(C)(C)C)ccc3O4)c3sc4ccc(C(C)(C)C)cc4c32)cc1. The van der Waals surface area contributed by atoms with Crippen molar-refractivity contribution in [2.75, 3.05) is 9.80 Å². The second-order valence-corrected chi connectivity index (χ2v) is 25.3. The van der Waals surface area contributed by atoms with Gasteiger partial charge in [0.25, 0.3) is 6.71 Å². The first kappa shape index (κ1) is 43.8. The Hall–Kier alpha value is -5.78. The number of hydrogen-bond donors (Lipinski definition) is 0. The zero-order valence-corrected chi connectivity index (χ0v) is 42.7. The molecule has 0 saturated carbocycles. The highest BCUT2D eigenvalue weighted by molar-refractivity contribution is 7.33. The van der Waals surface area contributed by atoms with Crippen LogP contribution in [0.25, 0.3) is 20.9 Å². The van der Waals surface area contributed by atoms with Gasteiger partial charge >= 0.3 is 0 Å². The van der Waals surface area contributed by atoms with Crippen LogP contribution in [0.2, 0.25) is 0 Å². The number of benzene rings is 7. The van der Waals surface area contributed by atoms with Crippen LogP contribution in [0.4, 0.5) is 34.1 Å². The summed E-state index contributed by atoms with van der Waals surface area (Å²) < 4.78 is 10.00. The van der Waals surface area contributed by atoms with E-state index < -0.39 is 0 Å². The molecule has 7 aromatic carbocycles. The van der Waals surface area contributed by atoms with Gasteiger partial charge in [0.05, 0.1) is 11.4 Å². The van der Waals surface area contributed by atoms with Crippen LogP contribution in [0.15, 0.2) is 133 Å². The van der Waals surface area contributed by atoms with Crippen LogP contribution in [0.1, 0.15) is 131 Å². The van der Waals surface area contributed by atoms with Crippen LogP contribution < -0.4 is 30.2 Å². The van der Waals surface area contributed by atoms with Crippen LogP contribution in [0, 0.1) is 0 Å². The Morgan fingerprint density at radius 1 is 0.552 bits per heavy atom. The van der Waals surface area contributed by atoms with E-state index in [2.05, 4.69) is 233 Å². The van der Waals surface area contributed by atoms with Gasteiger partial charge in [0.2, 0.25) is 0 Å². The van der Waals surface area contributed by atoms with E-state index in [0.29, 0.717) is 0 Å². The summed E-state index contributed by atoms with van der Waals surface area (Å²) in [4.78, 5) is 5.09. The minimum absolute atomic E-state index is 0.0124. The van der Waals surface area contributed by atoms with Gasteiger partial charge in [-0.3, -0.25) is 0 Å². The molecule has 8 aromatic rings. The Morgan fingerprint density at radius 2 is 1.16 bits per heavy atom. The lowest BCUT2D eigenvalue weighted by molar-refractivity contribution is 0.332. The lowest BCUT2D eigenvalue weighted by atomic mass is 9.36. The molecule has 11 rings (SSSR count). The van der Waals surface area contributed by atoms with Crippen molar-refractivity contribution >= 4 is 88.7 Å². The van der Waals surface area contributed by atoms with E-state index >= 15 is 0 Å². The van der Waals surface area contributed by atoms with Crippen molar-refractivity contribution < 1.29 is 4.74 Å². The zero-order chi connectivity index (χ0) is 47.2. The van der Waals surface area contributed by atoms with E-state index in [-0.39, 0.29) is 33.8 Å². The average Bonchev–Trinajstić information content (AvgIpc) is 3.65. The van der Waals surface area contributed by atoms with Crippen molar-refractivity contribution in [2.24, 2.45) is 0 Å². The maximum atomic E-state index is 7.33. The highest BCUT2D eigenvalue weighted by Gasteiger charge is 2.46. The number of ether oxygens (including phenoxy) is 1. The predicted molar refractivity (Wildman–Crippen MR) is 291 cm³/mol. The van der Waals surface area contributed by atoms with Gasteiger partial charge in [0, 0.05) is 43.7 Å². The van der Waals surface area contributed by atoms with Gasteiger partial charge in [0.15, 0.2) is 0 Å². The molecular weight excluding hydrogens is 832 g/mol. The zero-order valence-electron chi connectivity index (χ0n) is 41.9. The maximum absolute atomic E-state index is 7.33. The summed E-state index contributed by atoms with van der Waals surface area (Å²) in [6.45, 7) is 30.5. The van der Waals surface area contributed by atoms with Crippen molar-refractivity contribution in [2.45, 2.75) is 130 Å². The summed E-state index contributed by atoms with van der Waals surface area (Å²) >= 11 is 1.95. The van der Waals surface area contributed by atoms with Crippen LogP contribution in [-0.4, -0.2) is 6.71 Å². The molecule has 338 valence electrons. The minimum atomic E-state index is -0.0267. The number of fused-ring (bicyclic) bond motifs is 8. The third kappa shape index (κ3) is 7.21. The van der Waals surface area contributed by atoms with Gasteiger partial charge in [-0.05, 0) is 150 Å². The number of thiophene rings is 1. The van der Waals surface area contributed by atoms with Gasteiger partial charge in [-0.2, -0.15) is 0 Å². The standard InChI is InChI=1S/C62H65BN2OS/c1-58(2,3)40-19-24-43(25-20-40)65-51-36-46(64(44-23-18-38-16-14-15-17-39(38)32-44)45-26-27-48-49(35-45)62(12,13)31-30-61(48,10)11)37-53-55(51)63(50-34-42(60(7,8)9)21-28-52(50)66-53)57-56(65)47-33-41(59(4,5)6)22-29-54(47)67-57/h14-29,32-37H,30-31H2,1-13H3. The largest absolute Gasteiger partial charge is 0.458 e. The number of nitrogens with zero attached hydrogens (tertiary/aromatic N) is 2. The predicted octanol–water partition coefficient (Wildman–Crippen LogP) is 16.2. The van der Waals surface area contributed by atoms with E-state index in [1.165, 1.54) is 76.5 Å².